The molecule has 0 saturated heterocycles. The maximum absolute atomic E-state index is 11.9. The number of aryl methyl sites for hydroxylation is 1. The van der Waals surface area contributed by atoms with Crippen LogP contribution in [-0.4, -0.2) is 27.8 Å². The van der Waals surface area contributed by atoms with E-state index in [4.69, 9.17) is 0 Å². The fourth-order valence-corrected chi connectivity index (χ4v) is 1.95. The maximum atomic E-state index is 11.9. The van der Waals surface area contributed by atoms with Crippen LogP contribution in [0.3, 0.4) is 0 Å². The van der Waals surface area contributed by atoms with Crippen molar-refractivity contribution in [2.24, 2.45) is 0 Å². The monoisotopic (exact) mass is 273 g/mol. The number of aliphatic hydroxyl groups is 1. The van der Waals surface area contributed by atoms with Gasteiger partial charge in [-0.05, 0) is 18.1 Å². The van der Waals surface area contributed by atoms with Crippen LogP contribution in [-0.2, 0) is 6.42 Å². The summed E-state index contributed by atoms with van der Waals surface area (Å²) in [5.74, 6) is -0.279. The number of rotatable bonds is 6. The molecule has 0 saturated carbocycles. The quantitative estimate of drug-likeness (QED) is 0.751. The van der Waals surface area contributed by atoms with Crippen molar-refractivity contribution in [3.63, 3.8) is 0 Å². The second-order valence-corrected chi connectivity index (χ2v) is 4.66. The molecular formula is C15H19N3O2. The largest absolute Gasteiger partial charge is 0.387 e. The van der Waals surface area contributed by atoms with Crippen LogP contribution in [0.5, 0.6) is 0 Å². The van der Waals surface area contributed by atoms with Gasteiger partial charge in [-0.2, -0.15) is 5.10 Å². The van der Waals surface area contributed by atoms with E-state index >= 15 is 0 Å². The van der Waals surface area contributed by atoms with Crippen LogP contribution in [0.4, 0.5) is 0 Å². The molecule has 0 aliphatic rings. The van der Waals surface area contributed by atoms with Gasteiger partial charge in [0.25, 0.3) is 5.91 Å². The lowest BCUT2D eigenvalue weighted by molar-refractivity contribution is 0.0911. The molecular weight excluding hydrogens is 254 g/mol. The molecule has 2 aromatic rings. The fraction of sp³-hybridized carbons (Fsp3) is 0.333. The van der Waals surface area contributed by atoms with E-state index in [1.54, 1.807) is 6.07 Å². The lowest BCUT2D eigenvalue weighted by Gasteiger charge is -2.11. The first kappa shape index (κ1) is 14.3. The van der Waals surface area contributed by atoms with Gasteiger partial charge in [0.1, 0.15) is 5.69 Å². The van der Waals surface area contributed by atoms with Gasteiger partial charge in [0.2, 0.25) is 0 Å². The molecule has 2 rings (SSSR count). The van der Waals surface area contributed by atoms with Gasteiger partial charge in [-0.25, -0.2) is 0 Å². The number of H-pyrrole nitrogens is 1. The van der Waals surface area contributed by atoms with Gasteiger partial charge in [0.15, 0.2) is 0 Å². The number of hydrogen-bond acceptors (Lipinski definition) is 3. The number of carbonyl (C=O) groups is 1. The van der Waals surface area contributed by atoms with Crippen molar-refractivity contribution in [3.05, 3.63) is 53.3 Å². The van der Waals surface area contributed by atoms with Crippen LogP contribution in [0, 0.1) is 0 Å². The molecule has 5 heteroatoms. The molecule has 0 aliphatic carbocycles. The van der Waals surface area contributed by atoms with Crippen LogP contribution in [0.1, 0.15) is 41.2 Å². The number of aliphatic hydroxyl groups excluding tert-OH is 1. The highest BCUT2D eigenvalue weighted by atomic mass is 16.3. The third-order valence-electron chi connectivity index (χ3n) is 3.02. The molecule has 1 atom stereocenters. The Morgan fingerprint density at radius 1 is 1.40 bits per heavy atom. The Labute approximate surface area is 118 Å². The van der Waals surface area contributed by atoms with Gasteiger partial charge in [-0.15, -0.1) is 0 Å². The molecule has 3 N–H and O–H groups in total. The standard InChI is InChI=1S/C15H19N3O2/c1-2-6-12-9-13(18-17-12)15(20)16-10-14(19)11-7-4-3-5-8-11/h3-5,7-9,14,19H,2,6,10H2,1H3,(H,16,20)(H,17,18)/t14-/m1/s1. The van der Waals surface area contributed by atoms with E-state index in [9.17, 15) is 9.90 Å². The summed E-state index contributed by atoms with van der Waals surface area (Å²) >= 11 is 0. The van der Waals surface area contributed by atoms with Gasteiger partial charge < -0.3 is 10.4 Å². The first-order valence-corrected chi connectivity index (χ1v) is 6.76. The maximum Gasteiger partial charge on any atom is 0.271 e. The van der Waals surface area contributed by atoms with E-state index < -0.39 is 6.10 Å². The average molecular weight is 273 g/mol. The minimum Gasteiger partial charge on any atom is -0.387 e. The zero-order valence-electron chi connectivity index (χ0n) is 11.5. The summed E-state index contributed by atoms with van der Waals surface area (Å²) in [4.78, 5) is 11.9. The molecule has 0 aliphatic heterocycles. The highest BCUT2D eigenvalue weighted by Gasteiger charge is 2.13. The fourth-order valence-electron chi connectivity index (χ4n) is 1.95. The van der Waals surface area contributed by atoms with Crippen LogP contribution in [0.2, 0.25) is 0 Å². The van der Waals surface area contributed by atoms with Gasteiger partial charge in [0.05, 0.1) is 6.10 Å². The summed E-state index contributed by atoms with van der Waals surface area (Å²) in [5, 5.41) is 19.4. The smallest absolute Gasteiger partial charge is 0.271 e. The minimum atomic E-state index is -0.714. The van der Waals surface area contributed by atoms with E-state index in [0.29, 0.717) is 5.69 Å². The zero-order chi connectivity index (χ0) is 14.4. The summed E-state index contributed by atoms with van der Waals surface area (Å²) in [7, 11) is 0. The van der Waals surface area contributed by atoms with E-state index in [1.165, 1.54) is 0 Å². The van der Waals surface area contributed by atoms with Crippen LogP contribution in [0.25, 0.3) is 0 Å². The first-order chi connectivity index (χ1) is 9.70. The van der Waals surface area contributed by atoms with Gasteiger partial charge >= 0.3 is 0 Å². The third-order valence-corrected chi connectivity index (χ3v) is 3.02. The Bertz CT molecular complexity index is 551. The third kappa shape index (κ3) is 3.68. The molecule has 1 amide bonds. The van der Waals surface area contributed by atoms with Crippen LogP contribution in [0.15, 0.2) is 36.4 Å². The normalized spacial score (nSPS) is 12.1. The number of aromatic amines is 1. The van der Waals surface area contributed by atoms with Crippen molar-refractivity contribution in [3.8, 4) is 0 Å². The number of aromatic nitrogens is 2. The molecule has 0 radical (unpaired) electrons. The molecule has 20 heavy (non-hydrogen) atoms. The summed E-state index contributed by atoms with van der Waals surface area (Å²) in [6.45, 7) is 2.23. The first-order valence-electron chi connectivity index (χ1n) is 6.76. The van der Waals surface area contributed by atoms with Crippen LogP contribution >= 0.6 is 0 Å². The molecule has 0 bridgehead atoms. The summed E-state index contributed by atoms with van der Waals surface area (Å²) < 4.78 is 0. The van der Waals surface area contributed by atoms with Gasteiger partial charge in [-0.3, -0.25) is 9.89 Å². The van der Waals surface area contributed by atoms with E-state index in [-0.39, 0.29) is 12.5 Å². The summed E-state index contributed by atoms with van der Waals surface area (Å²) in [6.07, 6.45) is 1.15. The Kier molecular flexibility index (Phi) is 4.90. The molecule has 0 fully saturated rings. The number of amides is 1. The van der Waals surface area contributed by atoms with E-state index in [1.807, 2.05) is 30.3 Å². The number of hydrogen-bond donors (Lipinski definition) is 3. The second kappa shape index (κ2) is 6.86. The lowest BCUT2D eigenvalue weighted by Crippen LogP contribution is -2.28. The zero-order valence-corrected chi connectivity index (χ0v) is 11.5. The number of carbonyl (C=O) groups excluding carboxylic acids is 1. The van der Waals surface area contributed by atoms with E-state index in [0.717, 1.165) is 24.1 Å². The highest BCUT2D eigenvalue weighted by Crippen LogP contribution is 2.11. The van der Waals surface area contributed by atoms with Crippen molar-refractivity contribution in [2.45, 2.75) is 25.9 Å². The van der Waals surface area contributed by atoms with Crippen molar-refractivity contribution >= 4 is 5.91 Å². The average Bonchev–Trinajstić information content (AvgIpc) is 2.94. The Hall–Kier alpha value is -2.14. The predicted molar refractivity (Wildman–Crippen MR) is 76.3 cm³/mol. The number of benzene rings is 1. The molecule has 1 heterocycles. The second-order valence-electron chi connectivity index (χ2n) is 4.66. The topological polar surface area (TPSA) is 78.0 Å². The molecule has 0 unspecified atom stereocenters. The van der Waals surface area contributed by atoms with E-state index in [2.05, 4.69) is 22.4 Å². The minimum absolute atomic E-state index is 0.165. The molecule has 1 aromatic carbocycles. The summed E-state index contributed by atoms with van der Waals surface area (Å²) in [5.41, 5.74) is 2.08. The predicted octanol–water partition coefficient (Wildman–Crippen LogP) is 1.83. The van der Waals surface area contributed by atoms with Crippen molar-refractivity contribution in [1.82, 2.24) is 15.5 Å². The Morgan fingerprint density at radius 2 is 2.15 bits per heavy atom. The highest BCUT2D eigenvalue weighted by molar-refractivity contribution is 5.92. The van der Waals surface area contributed by atoms with Gasteiger partial charge in [-0.1, -0.05) is 43.7 Å². The summed E-state index contributed by atoms with van der Waals surface area (Å²) in [6, 6.07) is 11.0. The SMILES string of the molecule is CCCc1cc(C(=O)NC[C@@H](O)c2ccccc2)n[nH]1. The Morgan fingerprint density at radius 3 is 2.85 bits per heavy atom. The molecule has 0 spiro atoms. The van der Waals surface area contributed by atoms with Crippen LogP contribution < -0.4 is 5.32 Å². The lowest BCUT2D eigenvalue weighted by atomic mass is 10.1. The number of nitrogens with zero attached hydrogens (tertiary/aromatic N) is 1. The van der Waals surface area contributed by atoms with Crippen molar-refractivity contribution < 1.29 is 9.90 Å². The van der Waals surface area contributed by atoms with Crippen molar-refractivity contribution in [1.29, 1.82) is 0 Å². The van der Waals surface area contributed by atoms with Crippen molar-refractivity contribution in [2.75, 3.05) is 6.54 Å². The number of nitrogens with one attached hydrogen (secondary N) is 2. The Balaban J connectivity index is 1.88. The van der Waals surface area contributed by atoms with Gasteiger partial charge in [0, 0.05) is 12.2 Å². The molecule has 1 aromatic heterocycles. The molecule has 106 valence electrons. The molecule has 5 nitrogen and oxygen atoms in total.